The Morgan fingerprint density at radius 2 is 2.38 bits per heavy atom. The number of H-pyrrole nitrogens is 1. The van der Waals surface area contributed by atoms with E-state index in [1.165, 1.54) is 6.20 Å². The van der Waals surface area contributed by atoms with Gasteiger partial charge in [-0.3, -0.25) is 4.79 Å². The first kappa shape index (κ1) is 7.60. The van der Waals surface area contributed by atoms with Crippen LogP contribution in [-0.2, 0) is 0 Å². The molecule has 0 saturated heterocycles. The number of aromatic amines is 1. The second kappa shape index (κ2) is 3.14. The third kappa shape index (κ3) is 1.44. The molecule has 2 rings (SSSR count). The molecule has 0 radical (unpaired) electrons. The number of rotatable bonds is 2. The highest BCUT2D eigenvalue weighted by atomic mass is 16.1. The molecule has 5 heteroatoms. The molecular weight excluding hydrogens is 168 g/mol. The van der Waals surface area contributed by atoms with Crippen molar-refractivity contribution in [3.05, 3.63) is 30.2 Å². The van der Waals surface area contributed by atoms with E-state index in [0.717, 1.165) is 0 Å². The molecule has 0 saturated carbocycles. The number of imidazole rings is 1. The van der Waals surface area contributed by atoms with Gasteiger partial charge in [0, 0.05) is 6.20 Å². The Morgan fingerprint density at radius 1 is 1.46 bits per heavy atom. The number of hydrogen-bond donors (Lipinski definition) is 1. The summed E-state index contributed by atoms with van der Waals surface area (Å²) in [4.78, 5) is 17.1. The zero-order valence-electron chi connectivity index (χ0n) is 6.64. The Morgan fingerprint density at radius 3 is 3.00 bits per heavy atom. The molecule has 0 unspecified atom stereocenters. The van der Waals surface area contributed by atoms with Crippen LogP contribution in [-0.4, -0.2) is 26.5 Å². The highest BCUT2D eigenvalue weighted by Gasteiger charge is 2.02. The van der Waals surface area contributed by atoms with Gasteiger partial charge in [0.05, 0.1) is 11.9 Å². The summed E-state index contributed by atoms with van der Waals surface area (Å²) in [5.74, 6) is 0.551. The molecule has 2 aromatic heterocycles. The van der Waals surface area contributed by atoms with Gasteiger partial charge in [0.25, 0.3) is 0 Å². The SMILES string of the molecule is O=Cc1cnc(-c2cccnn2)[nH]1. The van der Waals surface area contributed by atoms with Crippen molar-refractivity contribution in [1.82, 2.24) is 20.2 Å². The molecule has 0 fully saturated rings. The van der Waals surface area contributed by atoms with Crippen LogP contribution in [0, 0.1) is 0 Å². The zero-order valence-corrected chi connectivity index (χ0v) is 6.64. The van der Waals surface area contributed by atoms with Crippen molar-refractivity contribution in [2.75, 3.05) is 0 Å². The van der Waals surface area contributed by atoms with E-state index in [1.807, 2.05) is 0 Å². The molecule has 5 nitrogen and oxygen atoms in total. The largest absolute Gasteiger partial charge is 0.334 e. The third-order valence-electron chi connectivity index (χ3n) is 1.54. The van der Waals surface area contributed by atoms with Crippen molar-refractivity contribution >= 4 is 6.29 Å². The van der Waals surface area contributed by atoms with Crippen LogP contribution in [0.15, 0.2) is 24.5 Å². The number of carbonyl (C=O) groups is 1. The van der Waals surface area contributed by atoms with Crippen molar-refractivity contribution in [3.8, 4) is 11.5 Å². The minimum absolute atomic E-state index is 0.431. The Kier molecular flexibility index (Phi) is 1.84. The maximum Gasteiger partial charge on any atom is 0.167 e. The van der Waals surface area contributed by atoms with E-state index in [-0.39, 0.29) is 0 Å². The fourth-order valence-electron chi connectivity index (χ4n) is 0.953. The van der Waals surface area contributed by atoms with Crippen LogP contribution in [0.25, 0.3) is 11.5 Å². The van der Waals surface area contributed by atoms with E-state index < -0.39 is 0 Å². The average molecular weight is 174 g/mol. The fraction of sp³-hybridized carbons (Fsp3) is 0. The predicted molar refractivity (Wildman–Crippen MR) is 45.0 cm³/mol. The van der Waals surface area contributed by atoms with Gasteiger partial charge < -0.3 is 4.98 Å². The normalized spacial score (nSPS) is 9.85. The number of carbonyl (C=O) groups excluding carboxylic acids is 1. The number of nitrogens with zero attached hydrogens (tertiary/aromatic N) is 3. The number of aromatic nitrogens is 4. The van der Waals surface area contributed by atoms with E-state index in [1.54, 1.807) is 18.3 Å². The monoisotopic (exact) mass is 174 g/mol. The van der Waals surface area contributed by atoms with Gasteiger partial charge in [0.2, 0.25) is 0 Å². The van der Waals surface area contributed by atoms with Crippen LogP contribution in [0.1, 0.15) is 10.5 Å². The lowest BCUT2D eigenvalue weighted by molar-refractivity contribution is 0.111. The molecule has 0 aliphatic heterocycles. The van der Waals surface area contributed by atoms with Crippen LogP contribution < -0.4 is 0 Å². The van der Waals surface area contributed by atoms with Crippen molar-refractivity contribution in [2.24, 2.45) is 0 Å². The molecule has 0 bridgehead atoms. The average Bonchev–Trinajstić information content (AvgIpc) is 2.67. The second-order valence-electron chi connectivity index (χ2n) is 2.41. The second-order valence-corrected chi connectivity index (χ2v) is 2.41. The molecule has 1 N–H and O–H groups in total. The van der Waals surface area contributed by atoms with E-state index in [9.17, 15) is 4.79 Å². The molecular formula is C8H6N4O. The minimum Gasteiger partial charge on any atom is -0.334 e. The van der Waals surface area contributed by atoms with Gasteiger partial charge >= 0.3 is 0 Å². The zero-order chi connectivity index (χ0) is 9.10. The van der Waals surface area contributed by atoms with E-state index in [2.05, 4.69) is 20.2 Å². The van der Waals surface area contributed by atoms with Crippen molar-refractivity contribution in [2.45, 2.75) is 0 Å². The van der Waals surface area contributed by atoms with Crippen molar-refractivity contribution in [1.29, 1.82) is 0 Å². The van der Waals surface area contributed by atoms with Crippen molar-refractivity contribution in [3.63, 3.8) is 0 Å². The van der Waals surface area contributed by atoms with Crippen molar-refractivity contribution < 1.29 is 4.79 Å². The van der Waals surface area contributed by atoms with Crippen LogP contribution in [0.4, 0.5) is 0 Å². The Balaban J connectivity index is 2.41. The molecule has 0 spiro atoms. The lowest BCUT2D eigenvalue weighted by Crippen LogP contribution is -1.87. The van der Waals surface area contributed by atoms with Gasteiger partial charge in [-0.2, -0.15) is 5.10 Å². The Hall–Kier alpha value is -2.04. The van der Waals surface area contributed by atoms with Crippen LogP contribution in [0.2, 0.25) is 0 Å². The van der Waals surface area contributed by atoms with Gasteiger partial charge in [-0.05, 0) is 12.1 Å². The van der Waals surface area contributed by atoms with Gasteiger partial charge in [0.15, 0.2) is 12.1 Å². The van der Waals surface area contributed by atoms with E-state index >= 15 is 0 Å². The molecule has 13 heavy (non-hydrogen) atoms. The first-order valence-corrected chi connectivity index (χ1v) is 3.68. The topological polar surface area (TPSA) is 71.5 Å². The fourth-order valence-corrected chi connectivity index (χ4v) is 0.953. The molecule has 0 aliphatic carbocycles. The number of aldehydes is 1. The van der Waals surface area contributed by atoms with Crippen LogP contribution in [0.3, 0.4) is 0 Å². The summed E-state index contributed by atoms with van der Waals surface area (Å²) in [5, 5.41) is 7.53. The molecule has 0 aromatic carbocycles. The van der Waals surface area contributed by atoms with E-state index in [0.29, 0.717) is 23.5 Å². The van der Waals surface area contributed by atoms with Crippen LogP contribution >= 0.6 is 0 Å². The highest BCUT2D eigenvalue weighted by Crippen LogP contribution is 2.09. The van der Waals surface area contributed by atoms with Gasteiger partial charge in [-0.15, -0.1) is 5.10 Å². The summed E-state index contributed by atoms with van der Waals surface area (Å²) in [6.07, 6.45) is 3.73. The summed E-state index contributed by atoms with van der Waals surface area (Å²) < 4.78 is 0. The summed E-state index contributed by atoms with van der Waals surface area (Å²) >= 11 is 0. The van der Waals surface area contributed by atoms with E-state index in [4.69, 9.17) is 0 Å². The molecule has 2 aromatic rings. The first-order chi connectivity index (χ1) is 6.40. The maximum atomic E-state index is 10.3. The molecule has 0 amide bonds. The lowest BCUT2D eigenvalue weighted by Gasteiger charge is -1.91. The molecule has 0 aliphatic rings. The Bertz CT molecular complexity index is 409. The maximum absolute atomic E-state index is 10.3. The first-order valence-electron chi connectivity index (χ1n) is 3.68. The summed E-state index contributed by atoms with van der Waals surface area (Å²) in [6.45, 7) is 0. The Labute approximate surface area is 73.9 Å². The molecule has 2 heterocycles. The molecule has 0 atom stereocenters. The summed E-state index contributed by atoms with van der Waals surface area (Å²) in [7, 11) is 0. The summed E-state index contributed by atoms with van der Waals surface area (Å²) in [6, 6.07) is 3.52. The smallest absolute Gasteiger partial charge is 0.167 e. The van der Waals surface area contributed by atoms with Gasteiger partial charge in [-0.25, -0.2) is 4.98 Å². The standard InChI is InChI=1S/C8H6N4O/c13-5-6-4-9-8(11-6)7-2-1-3-10-12-7/h1-5H,(H,9,11). The number of nitrogens with one attached hydrogen (secondary N) is 1. The molecule has 64 valence electrons. The van der Waals surface area contributed by atoms with Gasteiger partial charge in [-0.1, -0.05) is 0 Å². The number of hydrogen-bond acceptors (Lipinski definition) is 4. The van der Waals surface area contributed by atoms with Gasteiger partial charge in [0.1, 0.15) is 5.69 Å². The third-order valence-corrected chi connectivity index (χ3v) is 1.54. The minimum atomic E-state index is 0.431. The van der Waals surface area contributed by atoms with Crippen LogP contribution in [0.5, 0.6) is 0 Å². The lowest BCUT2D eigenvalue weighted by atomic mass is 10.4. The quantitative estimate of drug-likeness (QED) is 0.679. The summed E-state index contributed by atoms with van der Waals surface area (Å²) in [5.41, 5.74) is 1.05. The predicted octanol–water partition coefficient (Wildman–Crippen LogP) is 0.679. The highest BCUT2D eigenvalue weighted by molar-refractivity contribution is 5.72.